The molecule has 7 heteroatoms. The number of nitrogens with one attached hydrogen (secondary N) is 1. The van der Waals surface area contributed by atoms with E-state index in [2.05, 4.69) is 5.32 Å². The van der Waals surface area contributed by atoms with Crippen LogP contribution in [0.15, 0.2) is 36.4 Å². The van der Waals surface area contributed by atoms with Crippen molar-refractivity contribution < 1.29 is 22.8 Å². The normalized spacial score (nSPS) is 21.4. The standard InChI is InChI=1S/C20H23F3N2O2/c21-20(22,23)16-9-4-8-15(12-16)17(13-25-11-5-10-18(25)26)24-19(27)14-6-2-1-3-7-14/h1-2,4,8-9,12,14,17H,3,5-7,10-11,13H2,(H,24,27). The zero-order valence-electron chi connectivity index (χ0n) is 15.0. The lowest BCUT2D eigenvalue weighted by Crippen LogP contribution is -2.41. The number of rotatable bonds is 5. The van der Waals surface area contributed by atoms with Gasteiger partial charge in [0.1, 0.15) is 0 Å². The van der Waals surface area contributed by atoms with E-state index in [1.165, 1.54) is 6.07 Å². The molecule has 0 saturated carbocycles. The molecule has 2 atom stereocenters. The number of carbonyl (C=O) groups is 2. The van der Waals surface area contributed by atoms with Gasteiger partial charge in [-0.1, -0.05) is 24.3 Å². The number of alkyl halides is 3. The van der Waals surface area contributed by atoms with Crippen LogP contribution in [0.2, 0.25) is 0 Å². The average molecular weight is 380 g/mol. The van der Waals surface area contributed by atoms with Crippen LogP contribution in [0.4, 0.5) is 13.2 Å². The fourth-order valence-electron chi connectivity index (χ4n) is 3.60. The zero-order chi connectivity index (χ0) is 19.4. The second-order valence-electron chi connectivity index (χ2n) is 7.11. The molecule has 2 amide bonds. The smallest absolute Gasteiger partial charge is 0.347 e. The minimum atomic E-state index is -4.46. The maximum atomic E-state index is 13.1. The largest absolute Gasteiger partial charge is 0.416 e. The Hall–Kier alpha value is -2.31. The molecule has 1 aromatic rings. The minimum Gasteiger partial charge on any atom is -0.347 e. The highest BCUT2D eigenvalue weighted by atomic mass is 19.4. The Morgan fingerprint density at radius 1 is 1.30 bits per heavy atom. The summed E-state index contributed by atoms with van der Waals surface area (Å²) in [7, 11) is 0. The molecule has 1 aromatic carbocycles. The van der Waals surface area contributed by atoms with Crippen molar-refractivity contribution >= 4 is 11.8 Å². The van der Waals surface area contributed by atoms with Crippen molar-refractivity contribution in [3.8, 4) is 0 Å². The van der Waals surface area contributed by atoms with Crippen LogP contribution < -0.4 is 5.32 Å². The van der Waals surface area contributed by atoms with Crippen LogP contribution >= 0.6 is 0 Å². The first-order valence-electron chi connectivity index (χ1n) is 9.25. The predicted octanol–water partition coefficient (Wildman–Crippen LogP) is 3.84. The third kappa shape index (κ3) is 4.90. The van der Waals surface area contributed by atoms with Crippen LogP contribution in [0.3, 0.4) is 0 Å². The molecule has 1 aliphatic carbocycles. The highest BCUT2D eigenvalue weighted by Crippen LogP contribution is 2.31. The van der Waals surface area contributed by atoms with Gasteiger partial charge in [0.15, 0.2) is 0 Å². The Labute approximate surface area is 156 Å². The van der Waals surface area contributed by atoms with E-state index >= 15 is 0 Å². The number of hydrogen-bond donors (Lipinski definition) is 1. The van der Waals surface area contributed by atoms with E-state index in [1.54, 1.807) is 11.0 Å². The van der Waals surface area contributed by atoms with Gasteiger partial charge in [-0.05, 0) is 43.4 Å². The van der Waals surface area contributed by atoms with Crippen molar-refractivity contribution in [1.82, 2.24) is 10.2 Å². The van der Waals surface area contributed by atoms with Gasteiger partial charge in [-0.3, -0.25) is 9.59 Å². The Morgan fingerprint density at radius 2 is 2.11 bits per heavy atom. The van der Waals surface area contributed by atoms with E-state index in [0.29, 0.717) is 24.9 Å². The molecule has 146 valence electrons. The minimum absolute atomic E-state index is 0.0261. The van der Waals surface area contributed by atoms with Gasteiger partial charge in [0.05, 0.1) is 11.6 Å². The fraction of sp³-hybridized carbons (Fsp3) is 0.500. The third-order valence-electron chi connectivity index (χ3n) is 5.15. The number of nitrogens with zero attached hydrogens (tertiary/aromatic N) is 1. The summed E-state index contributed by atoms with van der Waals surface area (Å²) in [6.45, 7) is 0.755. The maximum Gasteiger partial charge on any atom is 0.416 e. The van der Waals surface area contributed by atoms with Gasteiger partial charge in [0, 0.05) is 25.4 Å². The first-order valence-corrected chi connectivity index (χ1v) is 9.25. The molecule has 1 fully saturated rings. The van der Waals surface area contributed by atoms with Crippen molar-refractivity contribution in [2.75, 3.05) is 13.1 Å². The molecular formula is C20H23F3N2O2. The van der Waals surface area contributed by atoms with Gasteiger partial charge < -0.3 is 10.2 Å². The molecule has 0 aromatic heterocycles. The summed E-state index contributed by atoms with van der Waals surface area (Å²) in [5, 5.41) is 2.90. The molecule has 1 saturated heterocycles. The number of allylic oxidation sites excluding steroid dienone is 2. The molecule has 1 heterocycles. The number of carbonyl (C=O) groups excluding carboxylic acids is 2. The average Bonchev–Trinajstić information content (AvgIpc) is 3.06. The molecular weight excluding hydrogens is 357 g/mol. The molecule has 1 aliphatic heterocycles. The Kier molecular flexibility index (Phi) is 5.87. The quantitative estimate of drug-likeness (QED) is 0.789. The number of amides is 2. The Morgan fingerprint density at radius 3 is 2.74 bits per heavy atom. The van der Waals surface area contributed by atoms with Crippen LogP contribution in [0, 0.1) is 5.92 Å². The van der Waals surface area contributed by atoms with E-state index in [-0.39, 0.29) is 24.3 Å². The van der Waals surface area contributed by atoms with Crippen LogP contribution in [0.25, 0.3) is 0 Å². The van der Waals surface area contributed by atoms with Crippen molar-refractivity contribution in [2.45, 2.75) is 44.3 Å². The van der Waals surface area contributed by atoms with Crippen molar-refractivity contribution in [1.29, 1.82) is 0 Å². The number of likely N-dealkylation sites (tertiary alicyclic amines) is 1. The number of hydrogen-bond acceptors (Lipinski definition) is 2. The third-order valence-corrected chi connectivity index (χ3v) is 5.15. The van der Waals surface area contributed by atoms with Crippen molar-refractivity contribution in [3.05, 3.63) is 47.5 Å². The molecule has 0 bridgehead atoms. The molecule has 1 N–H and O–H groups in total. The molecule has 3 rings (SSSR count). The summed E-state index contributed by atoms with van der Waals surface area (Å²) in [5.41, 5.74) is -0.392. The van der Waals surface area contributed by atoms with Gasteiger partial charge in [-0.25, -0.2) is 0 Å². The van der Waals surface area contributed by atoms with E-state index in [0.717, 1.165) is 31.4 Å². The summed E-state index contributed by atoms with van der Waals surface area (Å²) in [6.07, 6.45) is 2.86. The lowest BCUT2D eigenvalue weighted by molar-refractivity contribution is -0.137. The van der Waals surface area contributed by atoms with Gasteiger partial charge in [0.2, 0.25) is 11.8 Å². The summed E-state index contributed by atoms with van der Waals surface area (Å²) in [6, 6.07) is 4.32. The van der Waals surface area contributed by atoms with Crippen LogP contribution in [-0.2, 0) is 15.8 Å². The second-order valence-corrected chi connectivity index (χ2v) is 7.11. The number of benzene rings is 1. The molecule has 0 radical (unpaired) electrons. The van der Waals surface area contributed by atoms with Crippen LogP contribution in [0.5, 0.6) is 0 Å². The SMILES string of the molecule is O=C(NC(CN1CCCC1=O)c1cccc(C(F)(F)F)c1)C1CC=CCC1. The fourth-order valence-corrected chi connectivity index (χ4v) is 3.60. The monoisotopic (exact) mass is 380 g/mol. The van der Waals surface area contributed by atoms with Gasteiger partial charge >= 0.3 is 6.18 Å². The highest BCUT2D eigenvalue weighted by molar-refractivity contribution is 5.80. The first kappa shape index (κ1) is 19.5. The van der Waals surface area contributed by atoms with E-state index in [1.807, 2.05) is 12.2 Å². The van der Waals surface area contributed by atoms with E-state index < -0.39 is 17.8 Å². The lowest BCUT2D eigenvalue weighted by Gasteiger charge is -2.28. The summed E-state index contributed by atoms with van der Waals surface area (Å²) >= 11 is 0. The van der Waals surface area contributed by atoms with Crippen LogP contribution in [-0.4, -0.2) is 29.8 Å². The zero-order valence-corrected chi connectivity index (χ0v) is 15.0. The predicted molar refractivity (Wildman–Crippen MR) is 94.6 cm³/mol. The molecule has 27 heavy (non-hydrogen) atoms. The van der Waals surface area contributed by atoms with Crippen LogP contribution in [0.1, 0.15) is 49.3 Å². The van der Waals surface area contributed by atoms with Gasteiger partial charge in [0.25, 0.3) is 0 Å². The first-order chi connectivity index (χ1) is 12.8. The number of halogens is 3. The molecule has 4 nitrogen and oxygen atoms in total. The lowest BCUT2D eigenvalue weighted by atomic mass is 9.93. The van der Waals surface area contributed by atoms with E-state index in [9.17, 15) is 22.8 Å². The Bertz CT molecular complexity index is 730. The summed E-state index contributed by atoms with van der Waals surface area (Å²) < 4.78 is 39.3. The topological polar surface area (TPSA) is 49.4 Å². The molecule has 2 unspecified atom stereocenters. The highest BCUT2D eigenvalue weighted by Gasteiger charge is 2.32. The molecule has 2 aliphatic rings. The summed E-state index contributed by atoms with van der Waals surface area (Å²) in [5.74, 6) is -0.382. The maximum absolute atomic E-state index is 13.1. The van der Waals surface area contributed by atoms with Gasteiger partial charge in [-0.15, -0.1) is 0 Å². The van der Waals surface area contributed by atoms with Crippen molar-refractivity contribution in [3.63, 3.8) is 0 Å². The second kappa shape index (κ2) is 8.15. The van der Waals surface area contributed by atoms with Gasteiger partial charge in [-0.2, -0.15) is 13.2 Å². The van der Waals surface area contributed by atoms with E-state index in [4.69, 9.17) is 0 Å². The summed E-state index contributed by atoms with van der Waals surface area (Å²) in [4.78, 5) is 26.2. The van der Waals surface area contributed by atoms with Crippen molar-refractivity contribution in [2.24, 2.45) is 5.92 Å². The Balaban J connectivity index is 1.81. The molecule has 0 spiro atoms.